The van der Waals surface area contributed by atoms with E-state index in [0.29, 0.717) is 5.69 Å². The summed E-state index contributed by atoms with van der Waals surface area (Å²) >= 11 is 0. The largest absolute Gasteiger partial charge is 0.399 e. The number of hydrogen-bond donors (Lipinski definition) is 2. The van der Waals surface area contributed by atoms with Gasteiger partial charge in [-0.3, -0.25) is 4.79 Å². The van der Waals surface area contributed by atoms with E-state index in [2.05, 4.69) is 16.4 Å². The van der Waals surface area contributed by atoms with Crippen molar-refractivity contribution < 1.29 is 4.79 Å². The predicted molar refractivity (Wildman–Crippen MR) is 85.2 cm³/mol. The van der Waals surface area contributed by atoms with Crippen LogP contribution in [0.15, 0.2) is 42.5 Å². The highest BCUT2D eigenvalue weighted by atomic mass is 35.5. The van der Waals surface area contributed by atoms with Crippen molar-refractivity contribution >= 4 is 51.5 Å². The summed E-state index contributed by atoms with van der Waals surface area (Å²) in [5.41, 5.74) is 8.90. The maximum atomic E-state index is 11.1. The average Bonchev–Trinajstić information content (AvgIpc) is 2.35. The zero-order chi connectivity index (χ0) is 13.4. The van der Waals surface area contributed by atoms with E-state index in [1.54, 1.807) is 0 Å². The second kappa shape index (κ2) is 5.35. The monoisotopic (exact) mass is 287 g/mol. The fourth-order valence-corrected chi connectivity index (χ4v) is 2.12. The van der Waals surface area contributed by atoms with E-state index in [-0.39, 0.29) is 18.3 Å². The minimum absolute atomic E-state index is 0. The lowest BCUT2D eigenvalue weighted by atomic mass is 10.1. The number of aromatic nitrogens is 1. The summed E-state index contributed by atoms with van der Waals surface area (Å²) in [6.45, 7) is 1.48. The number of pyridine rings is 1. The van der Waals surface area contributed by atoms with Gasteiger partial charge >= 0.3 is 0 Å². The molecule has 1 amide bonds. The molecule has 0 saturated carbocycles. The number of anilines is 2. The van der Waals surface area contributed by atoms with Crippen molar-refractivity contribution in [3.05, 3.63) is 42.5 Å². The topological polar surface area (TPSA) is 68.0 Å². The zero-order valence-electron chi connectivity index (χ0n) is 10.9. The van der Waals surface area contributed by atoms with Gasteiger partial charge in [0, 0.05) is 29.1 Å². The molecule has 0 spiro atoms. The molecule has 0 aliphatic carbocycles. The number of fused-ring (bicyclic) bond motifs is 2. The fraction of sp³-hybridized carbons (Fsp3) is 0.0667. The molecule has 0 radical (unpaired) electrons. The molecule has 3 rings (SSSR count). The number of carbonyl (C=O) groups excluding carboxylic acids is 1. The van der Waals surface area contributed by atoms with E-state index in [9.17, 15) is 4.79 Å². The van der Waals surface area contributed by atoms with Crippen molar-refractivity contribution in [1.29, 1.82) is 0 Å². The first-order valence-electron chi connectivity index (χ1n) is 5.99. The Balaban J connectivity index is 0.00000147. The predicted octanol–water partition coefficient (Wildman–Crippen LogP) is 3.35. The Morgan fingerprint density at radius 3 is 2.40 bits per heavy atom. The van der Waals surface area contributed by atoms with Gasteiger partial charge in [0.05, 0.1) is 11.0 Å². The summed E-state index contributed by atoms with van der Waals surface area (Å²) < 4.78 is 0. The molecule has 0 bridgehead atoms. The van der Waals surface area contributed by atoms with Gasteiger partial charge in [0.2, 0.25) is 5.91 Å². The minimum atomic E-state index is -0.0932. The average molecular weight is 288 g/mol. The van der Waals surface area contributed by atoms with E-state index >= 15 is 0 Å². The summed E-state index contributed by atoms with van der Waals surface area (Å²) in [5, 5.41) is 4.84. The van der Waals surface area contributed by atoms with Crippen LogP contribution in [-0.4, -0.2) is 10.9 Å². The van der Waals surface area contributed by atoms with E-state index in [1.807, 2.05) is 36.4 Å². The van der Waals surface area contributed by atoms with Crippen molar-refractivity contribution in [1.82, 2.24) is 4.98 Å². The quantitative estimate of drug-likeness (QED) is 0.533. The van der Waals surface area contributed by atoms with Crippen LogP contribution in [0.3, 0.4) is 0 Å². The molecular weight excluding hydrogens is 274 g/mol. The highest BCUT2D eigenvalue weighted by Crippen LogP contribution is 2.23. The standard InChI is InChI=1S/C15H13N3O.ClH/c1-9(19)17-13-5-3-11-6-10-2-4-12(16)7-14(10)18-15(11)8-13;/h2-8H,16H2,1H3,(H,17,19);1H. The number of nitrogens with two attached hydrogens (primary N) is 1. The lowest BCUT2D eigenvalue weighted by Gasteiger charge is -2.06. The molecular formula is C15H14ClN3O. The summed E-state index contributed by atoms with van der Waals surface area (Å²) in [5.74, 6) is -0.0932. The third-order valence-corrected chi connectivity index (χ3v) is 2.96. The SMILES string of the molecule is CC(=O)Nc1ccc2cc3ccc(N)cc3nc2c1.Cl. The highest BCUT2D eigenvalue weighted by Gasteiger charge is 2.02. The van der Waals surface area contributed by atoms with Crippen LogP contribution in [0.2, 0.25) is 0 Å². The number of benzene rings is 2. The van der Waals surface area contributed by atoms with Crippen LogP contribution in [-0.2, 0) is 4.79 Å². The molecule has 4 nitrogen and oxygen atoms in total. The highest BCUT2D eigenvalue weighted by molar-refractivity contribution is 5.97. The Morgan fingerprint density at radius 1 is 1.05 bits per heavy atom. The molecule has 5 heteroatoms. The van der Waals surface area contributed by atoms with Crippen LogP contribution < -0.4 is 11.1 Å². The Bertz CT molecular complexity index is 802. The van der Waals surface area contributed by atoms with Crippen molar-refractivity contribution in [3.8, 4) is 0 Å². The molecule has 1 heterocycles. The first kappa shape index (κ1) is 14.1. The van der Waals surface area contributed by atoms with Crippen LogP contribution in [0, 0.1) is 0 Å². The normalized spacial score (nSPS) is 10.2. The third-order valence-electron chi connectivity index (χ3n) is 2.96. The summed E-state index contributed by atoms with van der Waals surface area (Å²) in [6, 6.07) is 13.4. The van der Waals surface area contributed by atoms with Gasteiger partial charge in [0.15, 0.2) is 0 Å². The maximum absolute atomic E-state index is 11.1. The molecule has 1 aromatic heterocycles. The number of nitrogens with one attached hydrogen (secondary N) is 1. The summed E-state index contributed by atoms with van der Waals surface area (Å²) in [7, 11) is 0. The number of amides is 1. The Morgan fingerprint density at radius 2 is 1.70 bits per heavy atom. The first-order chi connectivity index (χ1) is 9.11. The Labute approximate surface area is 122 Å². The lowest BCUT2D eigenvalue weighted by molar-refractivity contribution is -0.114. The van der Waals surface area contributed by atoms with Gasteiger partial charge in [0.1, 0.15) is 0 Å². The summed E-state index contributed by atoms with van der Waals surface area (Å²) in [4.78, 5) is 15.6. The van der Waals surface area contributed by atoms with Gasteiger partial charge in [0.25, 0.3) is 0 Å². The molecule has 0 unspecified atom stereocenters. The molecule has 102 valence electrons. The van der Waals surface area contributed by atoms with Crippen LogP contribution in [0.4, 0.5) is 11.4 Å². The van der Waals surface area contributed by atoms with Crippen LogP contribution in [0.1, 0.15) is 6.92 Å². The van der Waals surface area contributed by atoms with Crippen LogP contribution in [0.25, 0.3) is 21.8 Å². The van der Waals surface area contributed by atoms with Gasteiger partial charge in [-0.25, -0.2) is 4.98 Å². The molecule has 0 saturated heterocycles. The fourth-order valence-electron chi connectivity index (χ4n) is 2.12. The maximum Gasteiger partial charge on any atom is 0.221 e. The molecule has 2 aromatic carbocycles. The number of halogens is 1. The van der Waals surface area contributed by atoms with E-state index < -0.39 is 0 Å². The molecule has 0 atom stereocenters. The van der Waals surface area contributed by atoms with E-state index in [0.717, 1.165) is 27.5 Å². The number of carbonyl (C=O) groups is 1. The molecule has 3 aromatic rings. The number of rotatable bonds is 1. The lowest BCUT2D eigenvalue weighted by Crippen LogP contribution is -2.05. The third kappa shape index (κ3) is 2.65. The van der Waals surface area contributed by atoms with Gasteiger partial charge in [-0.05, 0) is 30.3 Å². The molecule has 0 aliphatic heterocycles. The van der Waals surface area contributed by atoms with Crippen LogP contribution >= 0.6 is 12.4 Å². The van der Waals surface area contributed by atoms with Gasteiger partial charge in [-0.2, -0.15) is 0 Å². The van der Waals surface area contributed by atoms with Gasteiger partial charge in [-0.15, -0.1) is 12.4 Å². The van der Waals surface area contributed by atoms with Crippen molar-refractivity contribution in [2.75, 3.05) is 11.1 Å². The number of hydrogen-bond acceptors (Lipinski definition) is 3. The molecule has 0 fully saturated rings. The second-order valence-corrected chi connectivity index (χ2v) is 4.53. The zero-order valence-corrected chi connectivity index (χ0v) is 11.7. The molecule has 3 N–H and O–H groups in total. The Kier molecular flexibility index (Phi) is 3.77. The van der Waals surface area contributed by atoms with Gasteiger partial charge < -0.3 is 11.1 Å². The number of nitrogens with zero attached hydrogens (tertiary/aromatic N) is 1. The van der Waals surface area contributed by atoms with E-state index in [1.165, 1.54) is 6.92 Å². The van der Waals surface area contributed by atoms with Crippen LogP contribution in [0.5, 0.6) is 0 Å². The summed E-state index contributed by atoms with van der Waals surface area (Å²) in [6.07, 6.45) is 0. The van der Waals surface area contributed by atoms with Crippen molar-refractivity contribution in [2.45, 2.75) is 6.92 Å². The van der Waals surface area contributed by atoms with Gasteiger partial charge in [-0.1, -0.05) is 12.1 Å². The Hall–Kier alpha value is -2.33. The van der Waals surface area contributed by atoms with Crippen molar-refractivity contribution in [3.63, 3.8) is 0 Å². The first-order valence-corrected chi connectivity index (χ1v) is 5.99. The molecule has 0 aliphatic rings. The van der Waals surface area contributed by atoms with E-state index in [4.69, 9.17) is 5.73 Å². The number of nitrogen functional groups attached to an aromatic ring is 1. The van der Waals surface area contributed by atoms with Crippen molar-refractivity contribution in [2.24, 2.45) is 0 Å². The minimum Gasteiger partial charge on any atom is -0.399 e. The smallest absolute Gasteiger partial charge is 0.221 e. The second-order valence-electron chi connectivity index (χ2n) is 4.53. The molecule has 20 heavy (non-hydrogen) atoms.